The number of carbonyl (C=O) groups excluding carboxylic acids is 1. The van der Waals surface area contributed by atoms with E-state index in [-0.39, 0.29) is 11.4 Å². The molecule has 1 amide bonds. The van der Waals surface area contributed by atoms with Gasteiger partial charge in [0.05, 0.1) is 6.54 Å². The van der Waals surface area contributed by atoms with Crippen LogP contribution in [0.1, 0.15) is 60.3 Å². The first kappa shape index (κ1) is 15.5. The normalized spacial score (nSPS) is 25.2. The van der Waals surface area contributed by atoms with Gasteiger partial charge in [-0.15, -0.1) is 0 Å². The molecule has 0 aromatic rings. The lowest BCUT2D eigenvalue weighted by Gasteiger charge is -2.35. The highest BCUT2D eigenvalue weighted by Gasteiger charge is 2.27. The zero-order valence-electron chi connectivity index (χ0n) is 12.7. The highest BCUT2D eigenvalue weighted by molar-refractivity contribution is 5.78. The second-order valence-electron chi connectivity index (χ2n) is 6.98. The fraction of sp³-hybridized carbons (Fsp3) is 0.933. The van der Waals surface area contributed by atoms with Crippen LogP contribution in [0.3, 0.4) is 0 Å². The topological polar surface area (TPSA) is 41.1 Å². The van der Waals surface area contributed by atoms with Crippen LogP contribution < -0.4 is 10.6 Å². The van der Waals surface area contributed by atoms with E-state index in [9.17, 15) is 4.79 Å². The van der Waals surface area contributed by atoms with Crippen molar-refractivity contribution in [1.29, 1.82) is 0 Å². The molecule has 0 saturated heterocycles. The molecule has 0 aromatic carbocycles. The third-order valence-electron chi connectivity index (χ3n) is 3.71. The van der Waals surface area contributed by atoms with Gasteiger partial charge in [-0.25, -0.2) is 0 Å². The van der Waals surface area contributed by atoms with Gasteiger partial charge in [0.25, 0.3) is 0 Å². The largest absolute Gasteiger partial charge is 0.350 e. The summed E-state index contributed by atoms with van der Waals surface area (Å²) in [6.45, 7) is 11.1. The van der Waals surface area contributed by atoms with E-state index < -0.39 is 0 Å². The van der Waals surface area contributed by atoms with Crippen molar-refractivity contribution in [3.8, 4) is 0 Å². The van der Waals surface area contributed by atoms with Crippen LogP contribution >= 0.6 is 0 Å². The Morgan fingerprint density at radius 3 is 2.39 bits per heavy atom. The lowest BCUT2D eigenvalue weighted by molar-refractivity contribution is -0.121. The fourth-order valence-corrected chi connectivity index (χ4v) is 2.90. The first-order chi connectivity index (χ1) is 8.29. The molecule has 0 spiro atoms. The lowest BCUT2D eigenvalue weighted by atomic mass is 9.78. The average Bonchev–Trinajstić information content (AvgIpc) is 2.24. The smallest absolute Gasteiger partial charge is 0.234 e. The summed E-state index contributed by atoms with van der Waals surface area (Å²) < 4.78 is 0. The monoisotopic (exact) mass is 254 g/mol. The van der Waals surface area contributed by atoms with E-state index in [2.05, 4.69) is 24.5 Å². The van der Waals surface area contributed by atoms with Gasteiger partial charge >= 0.3 is 0 Å². The Morgan fingerprint density at radius 1 is 1.22 bits per heavy atom. The van der Waals surface area contributed by atoms with Gasteiger partial charge < -0.3 is 10.6 Å². The maximum absolute atomic E-state index is 11.8. The van der Waals surface area contributed by atoms with E-state index in [1.54, 1.807) is 0 Å². The number of amides is 1. The van der Waals surface area contributed by atoms with Gasteiger partial charge in [-0.2, -0.15) is 0 Å². The Bertz CT molecular complexity index is 268. The summed E-state index contributed by atoms with van der Waals surface area (Å²) in [4.78, 5) is 11.8. The summed E-state index contributed by atoms with van der Waals surface area (Å²) in [7, 11) is 0. The first-order valence-electron chi connectivity index (χ1n) is 7.34. The van der Waals surface area contributed by atoms with Gasteiger partial charge in [0, 0.05) is 11.6 Å². The minimum Gasteiger partial charge on any atom is -0.350 e. The number of hydrogen-bond acceptors (Lipinski definition) is 2. The van der Waals surface area contributed by atoms with Gasteiger partial charge in [-0.3, -0.25) is 4.79 Å². The summed E-state index contributed by atoms with van der Waals surface area (Å²) in [6, 6.07) is 0.518. The third kappa shape index (κ3) is 5.38. The van der Waals surface area contributed by atoms with Crippen molar-refractivity contribution in [2.75, 3.05) is 6.54 Å². The number of hydrogen-bond donors (Lipinski definition) is 2. The maximum Gasteiger partial charge on any atom is 0.234 e. The highest BCUT2D eigenvalue weighted by Crippen LogP contribution is 2.29. The van der Waals surface area contributed by atoms with Crippen molar-refractivity contribution in [2.24, 2.45) is 11.8 Å². The second kappa shape index (κ2) is 6.55. The van der Waals surface area contributed by atoms with Crippen LogP contribution in [0, 0.1) is 11.8 Å². The molecule has 0 aliphatic heterocycles. The molecule has 1 aliphatic rings. The van der Waals surface area contributed by atoms with Crippen molar-refractivity contribution < 1.29 is 4.79 Å². The van der Waals surface area contributed by atoms with Gasteiger partial charge in [0.1, 0.15) is 0 Å². The Kier molecular flexibility index (Phi) is 5.64. The van der Waals surface area contributed by atoms with Crippen LogP contribution in [0.15, 0.2) is 0 Å². The summed E-state index contributed by atoms with van der Waals surface area (Å²) in [5.74, 6) is 1.53. The standard InChI is InChI=1S/C15H30N2O/c1-11(2)12-8-6-7-9-13(12)16-10-14(18)17-15(3,4)5/h11-13,16H,6-10H2,1-5H3,(H,17,18). The number of carbonyl (C=O) groups is 1. The predicted octanol–water partition coefficient (Wildman–Crippen LogP) is 2.71. The molecule has 2 atom stereocenters. The molecule has 0 bridgehead atoms. The molecule has 3 heteroatoms. The van der Waals surface area contributed by atoms with E-state index in [1.165, 1.54) is 25.7 Å². The molecule has 1 aliphatic carbocycles. The predicted molar refractivity (Wildman–Crippen MR) is 76.5 cm³/mol. The van der Waals surface area contributed by atoms with Gasteiger partial charge in [0.15, 0.2) is 0 Å². The van der Waals surface area contributed by atoms with Crippen LogP contribution in [-0.4, -0.2) is 24.0 Å². The summed E-state index contributed by atoms with van der Waals surface area (Å²) in [5.41, 5.74) is -0.136. The van der Waals surface area contributed by atoms with Gasteiger partial charge in [0.2, 0.25) is 5.91 Å². The zero-order valence-corrected chi connectivity index (χ0v) is 12.7. The van der Waals surface area contributed by atoms with Crippen LogP contribution in [0.4, 0.5) is 0 Å². The first-order valence-corrected chi connectivity index (χ1v) is 7.34. The van der Waals surface area contributed by atoms with Gasteiger partial charge in [-0.1, -0.05) is 26.7 Å². The molecule has 0 radical (unpaired) electrons. The quantitative estimate of drug-likeness (QED) is 0.810. The molecular formula is C15H30N2O. The minimum atomic E-state index is -0.136. The highest BCUT2D eigenvalue weighted by atomic mass is 16.2. The van der Waals surface area contributed by atoms with Crippen molar-refractivity contribution in [3.63, 3.8) is 0 Å². The maximum atomic E-state index is 11.8. The summed E-state index contributed by atoms with van der Waals surface area (Å²) in [6.07, 6.45) is 5.15. The van der Waals surface area contributed by atoms with Crippen molar-refractivity contribution in [1.82, 2.24) is 10.6 Å². The van der Waals surface area contributed by atoms with E-state index in [4.69, 9.17) is 0 Å². The van der Waals surface area contributed by atoms with Crippen LogP contribution in [0.25, 0.3) is 0 Å². The summed E-state index contributed by atoms with van der Waals surface area (Å²) >= 11 is 0. The molecule has 3 nitrogen and oxygen atoms in total. The van der Waals surface area contributed by atoms with Crippen LogP contribution in [0.2, 0.25) is 0 Å². The minimum absolute atomic E-state index is 0.107. The molecule has 1 rings (SSSR count). The second-order valence-corrected chi connectivity index (χ2v) is 6.98. The van der Waals surface area contributed by atoms with E-state index in [0.717, 1.165) is 5.92 Å². The van der Waals surface area contributed by atoms with Gasteiger partial charge in [-0.05, 0) is 45.4 Å². The lowest BCUT2D eigenvalue weighted by Crippen LogP contribution is -2.49. The molecule has 1 saturated carbocycles. The Hall–Kier alpha value is -0.570. The third-order valence-corrected chi connectivity index (χ3v) is 3.71. The molecule has 0 heterocycles. The van der Waals surface area contributed by atoms with Crippen LogP contribution in [-0.2, 0) is 4.79 Å². The molecule has 1 fully saturated rings. The van der Waals surface area contributed by atoms with E-state index in [1.807, 2.05) is 20.8 Å². The van der Waals surface area contributed by atoms with Crippen molar-refractivity contribution in [2.45, 2.75) is 71.9 Å². The molecule has 2 unspecified atom stereocenters. The zero-order chi connectivity index (χ0) is 13.8. The Balaban J connectivity index is 2.39. The van der Waals surface area contributed by atoms with E-state index >= 15 is 0 Å². The molecule has 18 heavy (non-hydrogen) atoms. The van der Waals surface area contributed by atoms with Crippen molar-refractivity contribution in [3.05, 3.63) is 0 Å². The molecule has 2 N–H and O–H groups in total. The Morgan fingerprint density at radius 2 is 1.83 bits per heavy atom. The average molecular weight is 254 g/mol. The number of nitrogens with one attached hydrogen (secondary N) is 2. The molecule has 0 aromatic heterocycles. The number of rotatable bonds is 4. The summed E-state index contributed by atoms with van der Waals surface area (Å²) in [5, 5.41) is 6.46. The van der Waals surface area contributed by atoms with E-state index in [0.29, 0.717) is 18.5 Å². The molecular weight excluding hydrogens is 224 g/mol. The Labute approximate surface area is 112 Å². The SMILES string of the molecule is CC(C)C1CCCCC1NCC(=O)NC(C)(C)C. The van der Waals surface area contributed by atoms with Crippen molar-refractivity contribution >= 4 is 5.91 Å². The molecule has 106 valence electrons. The fourth-order valence-electron chi connectivity index (χ4n) is 2.90. The van der Waals surface area contributed by atoms with Crippen LogP contribution in [0.5, 0.6) is 0 Å².